The lowest BCUT2D eigenvalue weighted by molar-refractivity contribution is -0.0348. The second-order valence-corrected chi connectivity index (χ2v) is 5.63. The predicted octanol–water partition coefficient (Wildman–Crippen LogP) is 5.27. The second kappa shape index (κ2) is 10.9. The lowest BCUT2D eigenvalue weighted by atomic mass is 9.94. The average Bonchev–Trinajstić information content (AvgIpc) is 2.48. The van der Waals surface area contributed by atoms with Crippen LogP contribution in [0.15, 0.2) is 67.3 Å². The third-order valence-corrected chi connectivity index (χ3v) is 3.58. The van der Waals surface area contributed by atoms with Crippen molar-refractivity contribution in [3.8, 4) is 5.75 Å². The number of aliphatic hydroxyl groups excluding tert-OH is 1. The van der Waals surface area contributed by atoms with Crippen LogP contribution in [-0.2, 0) is 0 Å². The lowest BCUT2D eigenvalue weighted by Gasteiger charge is -2.19. The molecule has 0 aliphatic carbocycles. The maximum absolute atomic E-state index is 10.1. The third kappa shape index (κ3) is 7.84. The van der Waals surface area contributed by atoms with E-state index in [1.54, 1.807) is 0 Å². The van der Waals surface area contributed by atoms with Gasteiger partial charge in [0, 0.05) is 6.42 Å². The van der Waals surface area contributed by atoms with Gasteiger partial charge in [-0.2, -0.15) is 0 Å². The van der Waals surface area contributed by atoms with Crippen LogP contribution in [0.1, 0.15) is 39.0 Å². The van der Waals surface area contributed by atoms with Gasteiger partial charge < -0.3 is 9.84 Å². The average molecular weight is 300 g/mol. The summed E-state index contributed by atoms with van der Waals surface area (Å²) in [6.45, 7) is 9.68. The van der Waals surface area contributed by atoms with Crippen molar-refractivity contribution < 1.29 is 9.84 Å². The van der Waals surface area contributed by atoms with Gasteiger partial charge in [0.25, 0.3) is 0 Å². The molecule has 2 unspecified atom stereocenters. The molecule has 0 amide bonds. The second-order valence-electron chi connectivity index (χ2n) is 5.63. The Morgan fingerprint density at radius 3 is 2.59 bits per heavy atom. The van der Waals surface area contributed by atoms with E-state index >= 15 is 0 Å². The number of hydrogen-bond donors (Lipinski definition) is 1. The fourth-order valence-electron chi connectivity index (χ4n) is 2.43. The minimum absolute atomic E-state index is 0.379. The van der Waals surface area contributed by atoms with Crippen LogP contribution in [-0.4, -0.2) is 11.4 Å². The fourth-order valence-corrected chi connectivity index (χ4v) is 2.43. The zero-order chi connectivity index (χ0) is 16.2. The van der Waals surface area contributed by atoms with Crippen LogP contribution in [0.4, 0.5) is 0 Å². The van der Waals surface area contributed by atoms with Crippen molar-refractivity contribution in [3.63, 3.8) is 0 Å². The van der Waals surface area contributed by atoms with Crippen molar-refractivity contribution in [3.05, 3.63) is 67.3 Å². The Bertz CT molecular complexity index is 462. The lowest BCUT2D eigenvalue weighted by Crippen LogP contribution is -2.20. The molecule has 0 radical (unpaired) electrons. The Hall–Kier alpha value is -1.80. The van der Waals surface area contributed by atoms with Crippen LogP contribution in [0.5, 0.6) is 5.75 Å². The first kappa shape index (κ1) is 18.2. The van der Waals surface area contributed by atoms with Gasteiger partial charge in [0.2, 0.25) is 0 Å². The standard InChI is InChI=1S/C20H28O2/c1-4-10-17(3)12-9-13-18(11-5-2)16-20(21)22-19-14-7-6-8-15-19/h4-8,12,14-15,18,20-21H,1-2,9-11,13,16H2,3H3. The molecule has 0 saturated carbocycles. The Labute approximate surface area is 134 Å². The largest absolute Gasteiger partial charge is 0.465 e. The van der Waals surface area contributed by atoms with Gasteiger partial charge in [0.05, 0.1) is 0 Å². The van der Waals surface area contributed by atoms with Crippen LogP contribution >= 0.6 is 0 Å². The van der Waals surface area contributed by atoms with Gasteiger partial charge in [-0.15, -0.1) is 13.2 Å². The highest BCUT2D eigenvalue weighted by atomic mass is 16.6. The molecule has 22 heavy (non-hydrogen) atoms. The third-order valence-electron chi connectivity index (χ3n) is 3.58. The number of rotatable bonds is 11. The highest BCUT2D eigenvalue weighted by molar-refractivity contribution is 5.21. The van der Waals surface area contributed by atoms with Crippen LogP contribution < -0.4 is 4.74 Å². The fraction of sp³-hybridized carbons (Fsp3) is 0.400. The summed E-state index contributed by atoms with van der Waals surface area (Å²) in [6.07, 6.45) is 9.80. The van der Waals surface area contributed by atoms with Gasteiger partial charge >= 0.3 is 0 Å². The molecular weight excluding hydrogens is 272 g/mol. The molecule has 120 valence electrons. The van der Waals surface area contributed by atoms with Gasteiger partial charge in [0.15, 0.2) is 6.29 Å². The molecule has 1 N–H and O–H groups in total. The molecule has 2 heteroatoms. The molecule has 1 aromatic carbocycles. The monoisotopic (exact) mass is 300 g/mol. The minimum atomic E-state index is -0.773. The molecule has 1 aromatic rings. The van der Waals surface area contributed by atoms with Crippen molar-refractivity contribution in [2.45, 2.75) is 45.3 Å². The molecule has 0 fully saturated rings. The quantitative estimate of drug-likeness (QED) is 0.445. The number of benzene rings is 1. The number of aliphatic hydroxyl groups is 1. The van der Waals surface area contributed by atoms with Crippen LogP contribution in [0.2, 0.25) is 0 Å². The predicted molar refractivity (Wildman–Crippen MR) is 93.8 cm³/mol. The van der Waals surface area contributed by atoms with Crippen LogP contribution in [0.25, 0.3) is 0 Å². The number of ether oxygens (including phenoxy) is 1. The first-order chi connectivity index (χ1) is 10.7. The number of allylic oxidation sites excluding steroid dienone is 4. The maximum atomic E-state index is 10.1. The van der Waals surface area contributed by atoms with Crippen molar-refractivity contribution in [2.75, 3.05) is 0 Å². The van der Waals surface area contributed by atoms with E-state index in [2.05, 4.69) is 26.2 Å². The van der Waals surface area contributed by atoms with E-state index in [1.165, 1.54) is 5.57 Å². The zero-order valence-corrected chi connectivity index (χ0v) is 13.6. The molecule has 0 aliphatic heterocycles. The molecule has 0 saturated heterocycles. The summed E-state index contributed by atoms with van der Waals surface area (Å²) in [6, 6.07) is 9.44. The molecule has 0 spiro atoms. The van der Waals surface area contributed by atoms with Gasteiger partial charge in [-0.3, -0.25) is 0 Å². The van der Waals surface area contributed by atoms with E-state index in [-0.39, 0.29) is 0 Å². The summed E-state index contributed by atoms with van der Waals surface area (Å²) in [5.41, 5.74) is 1.34. The zero-order valence-electron chi connectivity index (χ0n) is 13.6. The number of para-hydroxylation sites is 1. The van der Waals surface area contributed by atoms with E-state index in [0.29, 0.717) is 18.1 Å². The summed E-state index contributed by atoms with van der Waals surface area (Å²) in [5, 5.41) is 10.1. The summed E-state index contributed by atoms with van der Waals surface area (Å²) in [7, 11) is 0. The smallest absolute Gasteiger partial charge is 0.197 e. The minimum Gasteiger partial charge on any atom is -0.465 e. The Morgan fingerprint density at radius 1 is 1.23 bits per heavy atom. The van der Waals surface area contributed by atoms with Crippen molar-refractivity contribution in [1.29, 1.82) is 0 Å². The van der Waals surface area contributed by atoms with Crippen molar-refractivity contribution in [2.24, 2.45) is 5.92 Å². The summed E-state index contributed by atoms with van der Waals surface area (Å²) < 4.78 is 5.55. The maximum Gasteiger partial charge on any atom is 0.197 e. The Morgan fingerprint density at radius 2 is 1.95 bits per heavy atom. The molecule has 1 rings (SSSR count). The normalized spacial score (nSPS) is 14.2. The highest BCUT2D eigenvalue weighted by Crippen LogP contribution is 2.21. The summed E-state index contributed by atoms with van der Waals surface area (Å²) in [5.74, 6) is 1.08. The summed E-state index contributed by atoms with van der Waals surface area (Å²) >= 11 is 0. The molecule has 0 heterocycles. The van der Waals surface area contributed by atoms with E-state index in [1.807, 2.05) is 42.5 Å². The topological polar surface area (TPSA) is 29.5 Å². The molecule has 2 atom stereocenters. The van der Waals surface area contributed by atoms with Gasteiger partial charge in [-0.05, 0) is 50.7 Å². The van der Waals surface area contributed by atoms with Gasteiger partial charge in [-0.25, -0.2) is 0 Å². The molecular formula is C20H28O2. The molecule has 0 aromatic heterocycles. The van der Waals surface area contributed by atoms with Crippen molar-refractivity contribution in [1.82, 2.24) is 0 Å². The highest BCUT2D eigenvalue weighted by Gasteiger charge is 2.14. The van der Waals surface area contributed by atoms with Crippen LogP contribution in [0.3, 0.4) is 0 Å². The molecule has 0 bridgehead atoms. The summed E-state index contributed by atoms with van der Waals surface area (Å²) in [4.78, 5) is 0. The first-order valence-corrected chi connectivity index (χ1v) is 7.93. The van der Waals surface area contributed by atoms with E-state index < -0.39 is 6.29 Å². The Balaban J connectivity index is 2.43. The Kier molecular flexibility index (Phi) is 9.01. The van der Waals surface area contributed by atoms with Gasteiger partial charge in [-0.1, -0.05) is 42.0 Å². The molecule has 0 aliphatic rings. The van der Waals surface area contributed by atoms with Crippen molar-refractivity contribution >= 4 is 0 Å². The van der Waals surface area contributed by atoms with E-state index in [9.17, 15) is 5.11 Å². The van der Waals surface area contributed by atoms with Crippen LogP contribution in [0, 0.1) is 5.92 Å². The van der Waals surface area contributed by atoms with Gasteiger partial charge in [0.1, 0.15) is 5.75 Å². The SMILES string of the molecule is C=CCC(C)=CCCC(CC=C)CC(O)Oc1ccccc1. The van der Waals surface area contributed by atoms with E-state index in [4.69, 9.17) is 4.74 Å². The first-order valence-electron chi connectivity index (χ1n) is 7.93. The molecule has 2 nitrogen and oxygen atoms in total. The number of hydrogen-bond acceptors (Lipinski definition) is 2. The van der Waals surface area contributed by atoms with E-state index in [0.717, 1.165) is 25.7 Å².